The molecule has 4 nitrogen and oxygen atoms in total. The Kier molecular flexibility index (Phi) is 2.94. The molecule has 2 atom stereocenters. The van der Waals surface area contributed by atoms with Gasteiger partial charge in [0, 0.05) is 18.1 Å². The van der Waals surface area contributed by atoms with Crippen molar-refractivity contribution in [2.45, 2.75) is 37.8 Å². The molecular formula is C19H22N2O2. The number of fused-ring (bicyclic) bond motifs is 3. The van der Waals surface area contributed by atoms with E-state index in [2.05, 4.69) is 11.1 Å². The van der Waals surface area contributed by atoms with Gasteiger partial charge in [-0.3, -0.25) is 4.79 Å². The van der Waals surface area contributed by atoms with E-state index in [0.717, 1.165) is 35.7 Å². The van der Waals surface area contributed by atoms with Crippen LogP contribution >= 0.6 is 0 Å². The van der Waals surface area contributed by atoms with Crippen LogP contribution in [0.3, 0.4) is 0 Å². The number of nitrogens with zero attached hydrogens (tertiary/aromatic N) is 2. The maximum Gasteiger partial charge on any atom is 0.258 e. The third-order valence-corrected chi connectivity index (χ3v) is 6.20. The molecule has 0 radical (unpaired) electrons. The SMILES string of the molecule is O=c1c2cccc3c2c(cn1[C@@H]1CN2CCC1CC2)CC[C@@H]3O. The number of rotatable bonds is 1. The van der Waals surface area contributed by atoms with Gasteiger partial charge < -0.3 is 14.6 Å². The lowest BCUT2D eigenvalue weighted by Gasteiger charge is -2.45. The highest BCUT2D eigenvalue weighted by atomic mass is 16.3. The Morgan fingerprint density at radius 1 is 1.13 bits per heavy atom. The summed E-state index contributed by atoms with van der Waals surface area (Å²) in [4.78, 5) is 15.6. The van der Waals surface area contributed by atoms with Gasteiger partial charge in [0.15, 0.2) is 0 Å². The summed E-state index contributed by atoms with van der Waals surface area (Å²) in [5, 5.41) is 12.0. The van der Waals surface area contributed by atoms with Crippen molar-refractivity contribution in [2.24, 2.45) is 5.92 Å². The molecule has 4 aliphatic rings. The van der Waals surface area contributed by atoms with Crippen LogP contribution in [-0.2, 0) is 6.42 Å². The van der Waals surface area contributed by atoms with E-state index in [9.17, 15) is 9.90 Å². The first-order chi connectivity index (χ1) is 11.2. The Bertz CT molecular complexity index is 833. The predicted octanol–water partition coefficient (Wildman–Crippen LogP) is 2.25. The standard InChI is InChI=1S/C19H22N2O2/c22-17-5-4-13-10-21(16-11-20-8-6-12(16)7-9-20)19(23)15-3-1-2-14(17)18(13)15/h1-3,10,12,16-17,22H,4-9,11H2/t16-,17+/m1/s1. The van der Waals surface area contributed by atoms with Gasteiger partial charge in [-0.25, -0.2) is 0 Å². The molecule has 0 unspecified atom stereocenters. The summed E-state index contributed by atoms with van der Waals surface area (Å²) in [5.41, 5.74) is 2.29. The van der Waals surface area contributed by atoms with Gasteiger partial charge >= 0.3 is 0 Å². The Morgan fingerprint density at radius 2 is 1.96 bits per heavy atom. The minimum absolute atomic E-state index is 0.124. The molecule has 2 aromatic rings. The third-order valence-electron chi connectivity index (χ3n) is 6.20. The molecule has 4 heterocycles. The molecule has 6 rings (SSSR count). The summed E-state index contributed by atoms with van der Waals surface area (Å²) in [6, 6.07) is 6.13. The highest BCUT2D eigenvalue weighted by molar-refractivity contribution is 5.89. The van der Waals surface area contributed by atoms with Gasteiger partial charge in [0.1, 0.15) is 0 Å². The Hall–Kier alpha value is -1.65. The van der Waals surface area contributed by atoms with Gasteiger partial charge in [-0.15, -0.1) is 0 Å². The van der Waals surface area contributed by atoms with Crippen molar-refractivity contribution in [3.63, 3.8) is 0 Å². The van der Waals surface area contributed by atoms with Crippen molar-refractivity contribution in [1.82, 2.24) is 9.47 Å². The average molecular weight is 310 g/mol. The molecule has 0 spiro atoms. The molecule has 1 N–H and O–H groups in total. The molecular weight excluding hydrogens is 288 g/mol. The molecule has 3 aliphatic heterocycles. The molecule has 1 aliphatic carbocycles. The van der Waals surface area contributed by atoms with Crippen molar-refractivity contribution in [2.75, 3.05) is 19.6 Å². The monoisotopic (exact) mass is 310 g/mol. The molecule has 1 aromatic carbocycles. The van der Waals surface area contributed by atoms with Gasteiger partial charge in [-0.1, -0.05) is 12.1 Å². The average Bonchev–Trinajstić information content (AvgIpc) is 2.61. The summed E-state index contributed by atoms with van der Waals surface area (Å²) in [5.74, 6) is 0.639. The molecule has 2 bridgehead atoms. The molecule has 4 heteroatoms. The molecule has 3 fully saturated rings. The lowest BCUT2D eigenvalue weighted by molar-refractivity contribution is 0.0555. The maximum atomic E-state index is 13.1. The van der Waals surface area contributed by atoms with E-state index in [0.29, 0.717) is 12.0 Å². The summed E-state index contributed by atoms with van der Waals surface area (Å²) < 4.78 is 2.02. The highest BCUT2D eigenvalue weighted by Gasteiger charge is 2.36. The number of aliphatic hydroxyl groups excluding tert-OH is 1. The number of aryl methyl sites for hydroxylation is 1. The molecule has 120 valence electrons. The second-order valence-corrected chi connectivity index (χ2v) is 7.40. The number of benzene rings is 1. The van der Waals surface area contributed by atoms with Crippen LogP contribution in [-0.4, -0.2) is 34.2 Å². The molecule has 23 heavy (non-hydrogen) atoms. The summed E-state index contributed by atoms with van der Waals surface area (Å²) in [6.45, 7) is 3.39. The van der Waals surface area contributed by atoms with Gasteiger partial charge in [0.25, 0.3) is 5.56 Å². The summed E-state index contributed by atoms with van der Waals surface area (Å²) in [7, 11) is 0. The first-order valence-electron chi connectivity index (χ1n) is 8.79. The number of hydrogen-bond donors (Lipinski definition) is 1. The molecule has 3 saturated heterocycles. The van der Waals surface area contributed by atoms with Crippen molar-refractivity contribution < 1.29 is 5.11 Å². The van der Waals surface area contributed by atoms with E-state index in [-0.39, 0.29) is 5.56 Å². The Labute approximate surface area is 135 Å². The number of aromatic nitrogens is 1. The zero-order valence-electron chi connectivity index (χ0n) is 13.2. The van der Waals surface area contributed by atoms with Crippen molar-refractivity contribution >= 4 is 10.8 Å². The third kappa shape index (κ3) is 1.95. The Balaban J connectivity index is 1.72. The van der Waals surface area contributed by atoms with Crippen molar-refractivity contribution in [1.29, 1.82) is 0 Å². The normalized spacial score (nSPS) is 32.4. The van der Waals surface area contributed by atoms with Crippen LogP contribution in [0, 0.1) is 5.92 Å². The van der Waals surface area contributed by atoms with Crippen LogP contribution in [0.4, 0.5) is 0 Å². The fourth-order valence-electron chi connectivity index (χ4n) is 4.95. The minimum atomic E-state index is -0.432. The largest absolute Gasteiger partial charge is 0.388 e. The zero-order chi connectivity index (χ0) is 15.6. The van der Waals surface area contributed by atoms with E-state index >= 15 is 0 Å². The second-order valence-electron chi connectivity index (χ2n) is 7.40. The van der Waals surface area contributed by atoms with E-state index < -0.39 is 6.10 Å². The van der Waals surface area contributed by atoms with Crippen LogP contribution in [0.5, 0.6) is 0 Å². The molecule has 1 aromatic heterocycles. The van der Waals surface area contributed by atoms with Crippen LogP contribution < -0.4 is 5.56 Å². The van der Waals surface area contributed by atoms with Gasteiger partial charge in [0.2, 0.25) is 0 Å². The van der Waals surface area contributed by atoms with E-state index in [1.807, 2.05) is 22.8 Å². The van der Waals surface area contributed by atoms with Crippen LogP contribution in [0.25, 0.3) is 10.8 Å². The van der Waals surface area contributed by atoms with E-state index in [1.54, 1.807) is 0 Å². The smallest absolute Gasteiger partial charge is 0.258 e. The minimum Gasteiger partial charge on any atom is -0.388 e. The molecule has 0 saturated carbocycles. The van der Waals surface area contributed by atoms with Gasteiger partial charge in [0.05, 0.1) is 12.1 Å². The summed E-state index contributed by atoms with van der Waals surface area (Å²) in [6.07, 6.45) is 5.71. The predicted molar refractivity (Wildman–Crippen MR) is 89.7 cm³/mol. The lowest BCUT2D eigenvalue weighted by atomic mass is 9.83. The zero-order valence-corrected chi connectivity index (χ0v) is 13.2. The number of aliphatic hydroxyl groups is 1. The van der Waals surface area contributed by atoms with E-state index in [1.165, 1.54) is 31.5 Å². The van der Waals surface area contributed by atoms with Crippen LogP contribution in [0.2, 0.25) is 0 Å². The van der Waals surface area contributed by atoms with Crippen molar-refractivity contribution in [3.8, 4) is 0 Å². The molecule has 0 amide bonds. The topological polar surface area (TPSA) is 45.5 Å². The fraction of sp³-hybridized carbons (Fsp3) is 0.526. The van der Waals surface area contributed by atoms with Gasteiger partial charge in [-0.05, 0) is 67.3 Å². The quantitative estimate of drug-likeness (QED) is 0.879. The lowest BCUT2D eigenvalue weighted by Crippen LogP contribution is -2.50. The maximum absolute atomic E-state index is 13.1. The summed E-state index contributed by atoms with van der Waals surface area (Å²) >= 11 is 0. The van der Waals surface area contributed by atoms with E-state index in [4.69, 9.17) is 0 Å². The van der Waals surface area contributed by atoms with Crippen LogP contribution in [0.1, 0.15) is 42.5 Å². The first-order valence-corrected chi connectivity index (χ1v) is 8.79. The highest BCUT2D eigenvalue weighted by Crippen LogP contribution is 2.38. The van der Waals surface area contributed by atoms with Gasteiger partial charge in [-0.2, -0.15) is 0 Å². The number of pyridine rings is 1. The second kappa shape index (κ2) is 4.92. The number of piperidine rings is 3. The Morgan fingerprint density at radius 3 is 2.70 bits per heavy atom. The van der Waals surface area contributed by atoms with Crippen LogP contribution in [0.15, 0.2) is 29.2 Å². The van der Waals surface area contributed by atoms with Crippen molar-refractivity contribution in [3.05, 3.63) is 45.9 Å². The first kappa shape index (κ1) is 13.8. The fourth-order valence-corrected chi connectivity index (χ4v) is 4.95. The number of hydrogen-bond acceptors (Lipinski definition) is 3.